The quantitative estimate of drug-likeness (QED) is 0.868. The van der Waals surface area contributed by atoms with E-state index in [1.54, 1.807) is 0 Å². The summed E-state index contributed by atoms with van der Waals surface area (Å²) in [5.41, 5.74) is 5.18. The van der Waals surface area contributed by atoms with Crippen LogP contribution in [0.5, 0.6) is 0 Å². The lowest BCUT2D eigenvalue weighted by Gasteiger charge is -2.19. The molecule has 2 N–H and O–H groups in total. The van der Waals surface area contributed by atoms with Gasteiger partial charge in [0.25, 0.3) is 0 Å². The van der Waals surface area contributed by atoms with Gasteiger partial charge in [-0.25, -0.2) is 0 Å². The van der Waals surface area contributed by atoms with Crippen LogP contribution in [-0.4, -0.2) is 0 Å². The van der Waals surface area contributed by atoms with Crippen molar-refractivity contribution in [2.75, 3.05) is 0 Å². The van der Waals surface area contributed by atoms with Crippen LogP contribution in [0.2, 0.25) is 5.02 Å². The monoisotopic (exact) mass is 299 g/mol. The first-order chi connectivity index (χ1) is 7.89. The maximum Gasteiger partial charge on any atom is 0.416 e. The molecule has 18 heavy (non-hydrogen) atoms. The van der Waals surface area contributed by atoms with Crippen molar-refractivity contribution >= 4 is 24.0 Å². The molecule has 0 radical (unpaired) electrons. The summed E-state index contributed by atoms with van der Waals surface area (Å²) in [6.07, 6.45) is -1.72. The van der Waals surface area contributed by atoms with E-state index < -0.39 is 17.8 Å². The number of rotatable bonds is 3. The zero-order valence-corrected chi connectivity index (χ0v) is 11.1. The molecule has 0 saturated heterocycles. The van der Waals surface area contributed by atoms with Crippen LogP contribution in [0.4, 0.5) is 13.2 Å². The standard InChI is InChI=1S/C12H13ClF3N.ClH/c13-9-3-1-2-8(12(14,15)16)11(9)10(17)6-7-4-5-7;/h1-3,7,10H,4-6,17H2;1H/t10-;/m1./s1. The zero-order chi connectivity index (χ0) is 12.6. The van der Waals surface area contributed by atoms with Crippen LogP contribution < -0.4 is 5.73 Å². The van der Waals surface area contributed by atoms with Crippen molar-refractivity contribution < 1.29 is 13.2 Å². The summed E-state index contributed by atoms with van der Waals surface area (Å²) in [5.74, 6) is 0.461. The predicted octanol–water partition coefficient (Wildman–Crippen LogP) is 4.58. The molecule has 6 heteroatoms. The average molecular weight is 300 g/mol. The summed E-state index contributed by atoms with van der Waals surface area (Å²) in [4.78, 5) is 0. The first-order valence-corrected chi connectivity index (χ1v) is 5.88. The summed E-state index contributed by atoms with van der Waals surface area (Å²) < 4.78 is 38.5. The lowest BCUT2D eigenvalue weighted by molar-refractivity contribution is -0.138. The third kappa shape index (κ3) is 3.53. The predicted molar refractivity (Wildman–Crippen MR) is 68.0 cm³/mol. The van der Waals surface area contributed by atoms with Gasteiger partial charge >= 0.3 is 6.18 Å². The summed E-state index contributed by atoms with van der Waals surface area (Å²) >= 11 is 5.85. The van der Waals surface area contributed by atoms with Crippen LogP contribution in [0, 0.1) is 5.92 Å². The van der Waals surface area contributed by atoms with Gasteiger partial charge in [0.05, 0.1) is 5.56 Å². The Kier molecular flexibility index (Phi) is 4.92. The highest BCUT2D eigenvalue weighted by Crippen LogP contribution is 2.42. The molecular formula is C12H14Cl2F3N. The van der Waals surface area contributed by atoms with Gasteiger partial charge in [0.1, 0.15) is 0 Å². The van der Waals surface area contributed by atoms with Crippen molar-refractivity contribution in [3.8, 4) is 0 Å². The molecule has 0 aromatic heterocycles. The van der Waals surface area contributed by atoms with Gasteiger partial charge < -0.3 is 5.73 Å². The molecule has 1 atom stereocenters. The first-order valence-electron chi connectivity index (χ1n) is 5.50. The number of benzene rings is 1. The van der Waals surface area contributed by atoms with E-state index in [1.165, 1.54) is 12.1 Å². The molecule has 0 aliphatic heterocycles. The fourth-order valence-corrected chi connectivity index (χ4v) is 2.31. The Morgan fingerprint density at radius 2 is 1.94 bits per heavy atom. The zero-order valence-electron chi connectivity index (χ0n) is 9.51. The van der Waals surface area contributed by atoms with Crippen molar-refractivity contribution in [2.45, 2.75) is 31.5 Å². The number of hydrogen-bond donors (Lipinski definition) is 1. The lowest BCUT2D eigenvalue weighted by Crippen LogP contribution is -2.18. The van der Waals surface area contributed by atoms with E-state index >= 15 is 0 Å². The van der Waals surface area contributed by atoms with Gasteiger partial charge in [-0.15, -0.1) is 12.4 Å². The second-order valence-corrected chi connectivity index (χ2v) is 4.89. The van der Waals surface area contributed by atoms with E-state index in [4.69, 9.17) is 17.3 Å². The van der Waals surface area contributed by atoms with Gasteiger partial charge in [0, 0.05) is 11.1 Å². The van der Waals surface area contributed by atoms with E-state index in [-0.39, 0.29) is 23.0 Å². The van der Waals surface area contributed by atoms with Crippen LogP contribution in [0.25, 0.3) is 0 Å². The maximum atomic E-state index is 12.8. The van der Waals surface area contributed by atoms with Crippen LogP contribution in [0.1, 0.15) is 36.4 Å². The smallest absolute Gasteiger partial charge is 0.324 e. The second-order valence-electron chi connectivity index (χ2n) is 4.48. The Morgan fingerprint density at radius 3 is 2.44 bits per heavy atom. The lowest BCUT2D eigenvalue weighted by atomic mass is 9.96. The van der Waals surface area contributed by atoms with Crippen LogP contribution in [0.15, 0.2) is 18.2 Å². The molecule has 102 valence electrons. The summed E-state index contributed by atoms with van der Waals surface area (Å²) in [6.45, 7) is 0. The van der Waals surface area contributed by atoms with Crippen molar-refractivity contribution in [3.05, 3.63) is 34.3 Å². The summed E-state index contributed by atoms with van der Waals surface area (Å²) in [7, 11) is 0. The fraction of sp³-hybridized carbons (Fsp3) is 0.500. The molecule has 0 bridgehead atoms. The Bertz CT molecular complexity index is 416. The molecule has 0 amide bonds. The van der Waals surface area contributed by atoms with Gasteiger partial charge in [-0.1, -0.05) is 30.5 Å². The molecule has 1 nitrogen and oxygen atoms in total. The van der Waals surface area contributed by atoms with E-state index in [0.717, 1.165) is 18.9 Å². The highest BCUT2D eigenvalue weighted by atomic mass is 35.5. The molecule has 0 unspecified atom stereocenters. The molecule has 1 aromatic carbocycles. The first kappa shape index (κ1) is 15.6. The Hall–Kier alpha value is -0.450. The minimum absolute atomic E-state index is 0. The van der Waals surface area contributed by atoms with Gasteiger partial charge in [0.2, 0.25) is 0 Å². The molecule has 2 rings (SSSR count). The minimum Gasteiger partial charge on any atom is -0.324 e. The van der Waals surface area contributed by atoms with Gasteiger partial charge in [-0.05, 0) is 30.0 Å². The van der Waals surface area contributed by atoms with Crippen molar-refractivity contribution in [2.24, 2.45) is 11.7 Å². The maximum absolute atomic E-state index is 12.8. The van der Waals surface area contributed by atoms with Crippen molar-refractivity contribution in [1.29, 1.82) is 0 Å². The number of hydrogen-bond acceptors (Lipinski definition) is 1. The van der Waals surface area contributed by atoms with Gasteiger partial charge in [-0.3, -0.25) is 0 Å². The van der Waals surface area contributed by atoms with E-state index in [9.17, 15) is 13.2 Å². The van der Waals surface area contributed by atoms with Gasteiger partial charge in [-0.2, -0.15) is 13.2 Å². The average Bonchev–Trinajstić information content (AvgIpc) is 2.99. The Labute approximate surface area is 115 Å². The largest absolute Gasteiger partial charge is 0.416 e. The second kappa shape index (κ2) is 5.68. The highest BCUT2D eigenvalue weighted by molar-refractivity contribution is 6.31. The van der Waals surface area contributed by atoms with Gasteiger partial charge in [0.15, 0.2) is 0 Å². The SMILES string of the molecule is Cl.N[C@H](CC1CC1)c1c(Cl)cccc1C(F)(F)F. The molecule has 1 aliphatic rings. The topological polar surface area (TPSA) is 26.0 Å². The summed E-state index contributed by atoms with van der Waals surface area (Å²) in [6, 6.07) is 3.17. The molecule has 1 aromatic rings. The Morgan fingerprint density at radius 1 is 1.33 bits per heavy atom. The Balaban J connectivity index is 0.00000162. The van der Waals surface area contributed by atoms with Crippen LogP contribution in [-0.2, 0) is 6.18 Å². The molecule has 0 heterocycles. The normalized spacial score (nSPS) is 17.2. The van der Waals surface area contributed by atoms with E-state index in [0.29, 0.717) is 12.3 Å². The molecule has 0 spiro atoms. The minimum atomic E-state index is -4.40. The fourth-order valence-electron chi connectivity index (χ4n) is 1.99. The van der Waals surface area contributed by atoms with Crippen molar-refractivity contribution in [1.82, 2.24) is 0 Å². The van der Waals surface area contributed by atoms with Crippen LogP contribution >= 0.6 is 24.0 Å². The third-order valence-corrected chi connectivity index (χ3v) is 3.34. The molecule has 1 saturated carbocycles. The highest BCUT2D eigenvalue weighted by Gasteiger charge is 2.36. The summed E-state index contributed by atoms with van der Waals surface area (Å²) in [5, 5.41) is 0.105. The number of halogens is 5. The third-order valence-electron chi connectivity index (χ3n) is 3.01. The van der Waals surface area contributed by atoms with Crippen LogP contribution in [0.3, 0.4) is 0 Å². The van der Waals surface area contributed by atoms with E-state index in [1.807, 2.05) is 0 Å². The molecule has 1 fully saturated rings. The number of alkyl halides is 3. The van der Waals surface area contributed by atoms with E-state index in [2.05, 4.69) is 0 Å². The molecule has 1 aliphatic carbocycles. The van der Waals surface area contributed by atoms with Crippen molar-refractivity contribution in [3.63, 3.8) is 0 Å². The molecular weight excluding hydrogens is 286 g/mol. The number of nitrogens with two attached hydrogens (primary N) is 1.